The number of piperidine rings is 1. The standard InChI is InChI=1S/C71H95N9O14/c1-12-67(89)36-45-37-70(64(86)92-10,50-34-49-53(35-55(50)91-9)78(8)62-69(49)29-32-79-31-17-28-68(13-2,61(69)79)63(94-43(7)81)71(62,90)65(87)93-11)58-48(47-18-14-15-19-51(47)75-58)27-33-80(39-45,40-67)38-44-21-23-46(24-22-44)74-59(84)52(20-16-30-73-66(72)88)76-60(85)57(42(5)6)77-56(83)26-25-54(82)41(3)4/h14-15,17-19,21-24,28,34-35,41-42,45,52,57,61-63,75,89-90H,12-13,16,20,25-27,29-33,36-40H2,1-11H3,(H5-,72,73,74,76,77,83,84,85,88)/p+1/t45-,52-,57-,61-,62+,63+,67-,68+,69+,70-,71-,80-/m0/s1. The summed E-state index contributed by atoms with van der Waals surface area (Å²) in [7, 11) is 6.03. The Morgan fingerprint density at radius 1 is 0.862 bits per heavy atom. The summed E-state index contributed by atoms with van der Waals surface area (Å²) in [5.74, 6) is -4.34. The number of nitrogens with zero attached hydrogens (tertiary/aromatic N) is 3. The Hall–Kier alpha value is -7.86. The molecule has 5 aliphatic heterocycles. The van der Waals surface area contributed by atoms with Crippen LogP contribution in [-0.2, 0) is 71.6 Å². The van der Waals surface area contributed by atoms with Gasteiger partial charge in [0.25, 0.3) is 0 Å². The summed E-state index contributed by atoms with van der Waals surface area (Å²) in [6, 6.07) is 15.2. The number of carbonyl (C=O) groups is 8. The van der Waals surface area contributed by atoms with E-state index in [1.54, 1.807) is 46.9 Å². The van der Waals surface area contributed by atoms with E-state index in [4.69, 9.17) is 24.7 Å². The molecule has 23 nitrogen and oxygen atoms in total. The smallest absolute Gasteiger partial charge is 0.344 e. The first-order chi connectivity index (χ1) is 44.6. The molecular formula is C71H96N9O14+. The van der Waals surface area contributed by atoms with Crippen molar-refractivity contribution in [3.63, 3.8) is 0 Å². The van der Waals surface area contributed by atoms with Crippen molar-refractivity contribution in [3.05, 3.63) is 101 Å². The summed E-state index contributed by atoms with van der Waals surface area (Å²) in [6.45, 7) is 15.6. The Morgan fingerprint density at radius 2 is 1.59 bits per heavy atom. The van der Waals surface area contributed by atoms with Gasteiger partial charge in [0, 0.05) is 120 Å². The van der Waals surface area contributed by atoms with Gasteiger partial charge in [0.15, 0.2) is 6.10 Å². The molecule has 3 fully saturated rings. The van der Waals surface area contributed by atoms with E-state index in [-0.39, 0.29) is 62.2 Å². The number of nitrogens with one attached hydrogen (secondary N) is 5. The van der Waals surface area contributed by atoms with Gasteiger partial charge in [-0.1, -0.05) is 84.0 Å². The number of Topliss-reactive ketones (excluding diaryl/α,β-unsaturated/α-hetero) is 1. The van der Waals surface area contributed by atoms with Gasteiger partial charge >= 0.3 is 23.9 Å². The highest BCUT2D eigenvalue weighted by Crippen LogP contribution is 2.68. The minimum atomic E-state index is -2.40. The van der Waals surface area contributed by atoms with Crippen LogP contribution >= 0.6 is 0 Å². The average Bonchev–Trinajstić information content (AvgIpc) is 1.45. The Labute approximate surface area is 550 Å². The van der Waals surface area contributed by atoms with Crippen molar-refractivity contribution < 1.29 is 72.0 Å². The number of aromatic nitrogens is 1. The number of methoxy groups -OCH3 is 3. The maximum absolute atomic E-state index is 16.1. The topological polar surface area (TPSA) is 310 Å². The molecule has 2 bridgehead atoms. The van der Waals surface area contributed by atoms with E-state index in [1.807, 2.05) is 74.3 Å². The predicted octanol–water partition coefficient (Wildman–Crippen LogP) is 5.72. The first-order valence-electron chi connectivity index (χ1n) is 33.3. The molecule has 1 aliphatic carbocycles. The van der Waals surface area contributed by atoms with Gasteiger partial charge in [-0.25, -0.2) is 9.59 Å². The number of fused-ring (bicyclic) bond motifs is 6. The number of quaternary nitrogens is 1. The fourth-order valence-electron chi connectivity index (χ4n) is 17.8. The lowest BCUT2D eigenvalue weighted by Gasteiger charge is -2.63. The van der Waals surface area contributed by atoms with E-state index >= 15 is 4.79 Å². The lowest BCUT2D eigenvalue weighted by molar-refractivity contribution is -0.954. The average molecular weight is 1300 g/mol. The van der Waals surface area contributed by atoms with Gasteiger partial charge in [-0.2, -0.15) is 0 Å². The summed E-state index contributed by atoms with van der Waals surface area (Å²) in [6.07, 6.45) is 5.35. The highest BCUT2D eigenvalue weighted by molar-refractivity contribution is 5.99. The number of aliphatic hydroxyl groups is 2. The monoisotopic (exact) mass is 1300 g/mol. The third-order valence-corrected chi connectivity index (χ3v) is 21.8. The normalized spacial score (nSPS) is 28.9. The van der Waals surface area contributed by atoms with Crippen molar-refractivity contribution >= 4 is 69.7 Å². The van der Waals surface area contributed by atoms with Crippen LogP contribution < -0.4 is 36.6 Å². The molecular weight excluding hydrogens is 1200 g/mol. The molecule has 12 atom stereocenters. The van der Waals surface area contributed by atoms with Crippen LogP contribution in [0.1, 0.15) is 134 Å². The number of ether oxygens (including phenoxy) is 4. The first-order valence-corrected chi connectivity index (χ1v) is 33.3. The van der Waals surface area contributed by atoms with Crippen LogP contribution in [0.15, 0.2) is 72.8 Å². The third kappa shape index (κ3) is 12.0. The summed E-state index contributed by atoms with van der Waals surface area (Å²) in [5, 5.41) is 38.7. The number of aromatic amines is 1. The summed E-state index contributed by atoms with van der Waals surface area (Å²) in [5.41, 5.74) is 3.74. The van der Waals surface area contributed by atoms with E-state index < -0.39 is 99.4 Å². The largest absolute Gasteiger partial charge is 0.496 e. The molecule has 1 saturated carbocycles. The molecule has 1 aromatic heterocycles. The van der Waals surface area contributed by atoms with E-state index in [2.05, 4.69) is 43.3 Å². The molecule has 6 aliphatic rings. The number of benzene rings is 3. The van der Waals surface area contributed by atoms with Crippen LogP contribution in [-0.4, -0.2) is 181 Å². The van der Waals surface area contributed by atoms with Gasteiger partial charge < -0.3 is 70.5 Å². The van der Waals surface area contributed by atoms with Gasteiger partial charge in [0.2, 0.25) is 23.3 Å². The number of amides is 5. The van der Waals surface area contributed by atoms with Crippen molar-refractivity contribution in [3.8, 4) is 5.75 Å². The number of hydrogen-bond donors (Lipinski definition) is 8. The van der Waals surface area contributed by atoms with Crippen molar-refractivity contribution in [2.45, 2.75) is 172 Å². The Kier molecular flexibility index (Phi) is 19.6. The second-order valence-corrected chi connectivity index (χ2v) is 28.1. The number of hydrogen-bond acceptors (Lipinski definition) is 16. The Bertz CT molecular complexity index is 3630. The molecule has 508 valence electrons. The minimum Gasteiger partial charge on any atom is -0.496 e. The number of para-hydroxylation sites is 1. The lowest BCUT2D eigenvalue weighted by Crippen LogP contribution is -2.81. The van der Waals surface area contributed by atoms with Crippen molar-refractivity contribution in [1.82, 2.24) is 25.8 Å². The maximum Gasteiger partial charge on any atom is 0.344 e. The van der Waals surface area contributed by atoms with Crippen molar-refractivity contribution in [2.24, 2.45) is 28.9 Å². The molecule has 9 N–H and O–H groups in total. The van der Waals surface area contributed by atoms with Crippen LogP contribution in [0.2, 0.25) is 0 Å². The number of nitrogens with two attached hydrogens (primary N) is 1. The molecule has 94 heavy (non-hydrogen) atoms. The molecule has 4 aromatic rings. The molecule has 23 heteroatoms. The predicted molar refractivity (Wildman–Crippen MR) is 352 cm³/mol. The summed E-state index contributed by atoms with van der Waals surface area (Å²) >= 11 is 0. The van der Waals surface area contributed by atoms with Crippen LogP contribution in [0.3, 0.4) is 0 Å². The number of ketones is 1. The van der Waals surface area contributed by atoms with Gasteiger partial charge in [-0.15, -0.1) is 0 Å². The fraction of sp³-hybridized carbons (Fsp3) is 0.577. The number of esters is 3. The minimum absolute atomic E-state index is 0.0308. The molecule has 5 amide bonds. The van der Waals surface area contributed by atoms with E-state index in [9.17, 15) is 43.8 Å². The number of likely N-dealkylation sites (N-methyl/N-ethyl adjacent to an activating group) is 1. The van der Waals surface area contributed by atoms with Crippen molar-refractivity contribution in [1.29, 1.82) is 0 Å². The molecule has 0 unspecified atom stereocenters. The highest BCUT2D eigenvalue weighted by Gasteiger charge is 2.80. The number of anilines is 2. The summed E-state index contributed by atoms with van der Waals surface area (Å²) < 4.78 is 24.9. The first kappa shape index (κ1) is 69.0. The molecule has 6 heterocycles. The van der Waals surface area contributed by atoms with E-state index in [1.165, 1.54) is 21.1 Å². The zero-order valence-corrected chi connectivity index (χ0v) is 56.3. The van der Waals surface area contributed by atoms with E-state index in [0.29, 0.717) is 104 Å². The summed E-state index contributed by atoms with van der Waals surface area (Å²) in [4.78, 5) is 117. The second-order valence-electron chi connectivity index (χ2n) is 28.1. The fourth-order valence-corrected chi connectivity index (χ4v) is 17.8. The number of urea groups is 1. The SMILES string of the molecule is CC[C@]1(O)C[C@H]2C[C@](C(=O)OC)(c3cc4c(cc3OC)N(C)[C@H]3[C@@](O)(C(=O)OC)[C@H](OC(C)=O)[C@]5(CC)C=CCN6CC[C@]43[C@@H]65)c3[nH]c4ccccc4c3CC[N@+](Cc3ccc(NC(=O)[C@H](CCCNC(N)=O)NC(=O)[C@@H](NC(=O)CCC(=O)C(C)C)C(C)C)cc3)(C2)C1. The van der Waals surface area contributed by atoms with Crippen LogP contribution in [0, 0.1) is 23.2 Å². The van der Waals surface area contributed by atoms with Gasteiger partial charge in [-0.3, -0.25) is 33.7 Å². The quantitative estimate of drug-likeness (QED) is 0.0145. The molecule has 10 rings (SSSR count). The van der Waals surface area contributed by atoms with Gasteiger partial charge in [-0.05, 0) is 92.8 Å². The molecule has 0 radical (unpaired) electrons. The van der Waals surface area contributed by atoms with E-state index in [0.717, 1.165) is 27.6 Å². The number of rotatable bonds is 23. The third-order valence-electron chi connectivity index (χ3n) is 21.8. The Balaban J connectivity index is 1.02. The molecule has 3 aromatic carbocycles. The van der Waals surface area contributed by atoms with Crippen molar-refractivity contribution in [2.75, 3.05) is 77.9 Å². The zero-order chi connectivity index (χ0) is 68.0. The number of primary amides is 1. The van der Waals surface area contributed by atoms with Crippen LogP contribution in [0.4, 0.5) is 16.2 Å². The second kappa shape index (κ2) is 26.7. The number of H-pyrrole nitrogens is 1. The van der Waals surface area contributed by atoms with Crippen LogP contribution in [0.25, 0.3) is 10.9 Å². The number of carbonyl (C=O) groups excluding carboxylic acids is 8. The van der Waals surface area contributed by atoms with Crippen LogP contribution in [0.5, 0.6) is 5.75 Å². The molecule has 1 spiro atoms. The lowest BCUT2D eigenvalue weighted by atomic mass is 9.47. The van der Waals surface area contributed by atoms with Gasteiger partial charge in [0.1, 0.15) is 47.7 Å². The molecule has 2 saturated heterocycles. The van der Waals surface area contributed by atoms with Gasteiger partial charge in [0.05, 0.1) is 40.5 Å². The highest BCUT2D eigenvalue weighted by atomic mass is 16.6. The zero-order valence-electron chi connectivity index (χ0n) is 56.3. The maximum atomic E-state index is 16.1. The Morgan fingerprint density at radius 3 is 2.23 bits per heavy atom.